The van der Waals surface area contributed by atoms with Crippen LogP contribution < -0.4 is 9.47 Å². The van der Waals surface area contributed by atoms with E-state index in [-0.39, 0.29) is 102 Å². The average Bonchev–Trinajstić information content (AvgIpc) is 0.705. The zero-order chi connectivity index (χ0) is 72.5. The van der Waals surface area contributed by atoms with Crippen molar-refractivity contribution in [1.82, 2.24) is 0 Å². The fourth-order valence-electron chi connectivity index (χ4n) is 15.9. The van der Waals surface area contributed by atoms with Crippen LogP contribution in [0.25, 0.3) is 0 Å². The molecule has 0 saturated carbocycles. The number of carbonyl (C=O) groups is 10. The van der Waals surface area contributed by atoms with E-state index in [1.807, 2.05) is 27.7 Å². The molecule has 512 valence electrons. The number of ketones is 10. The molecule has 18 heteroatoms. The molecular weight excluding hydrogens is 1200 g/mol. The zero-order valence-corrected chi connectivity index (χ0v) is 60.4. The molecule has 4 unspecified atom stereocenters. The second-order valence-corrected chi connectivity index (χ2v) is 33.2. The number of rotatable bonds is 12. The molecule has 0 bridgehead atoms. The number of hydrogen-bond donors (Lipinski definition) is 6. The van der Waals surface area contributed by atoms with Crippen LogP contribution in [0.2, 0.25) is 0 Å². The quantitative estimate of drug-likeness (QED) is 0.0849. The number of allylic oxidation sites excluding steroid dienone is 8. The number of fused-ring (bicyclic) bond motifs is 2. The van der Waals surface area contributed by atoms with E-state index in [0.29, 0.717) is 0 Å². The highest BCUT2D eigenvalue weighted by Crippen LogP contribution is 2.65. The Balaban J connectivity index is 0.000000266. The normalized spacial score (nSPS) is 23.7. The molecule has 0 aromatic heterocycles. The van der Waals surface area contributed by atoms with Crippen molar-refractivity contribution in [3.05, 3.63) is 78.7 Å². The van der Waals surface area contributed by atoms with E-state index in [1.54, 1.807) is 111 Å². The summed E-state index contributed by atoms with van der Waals surface area (Å²) < 4.78 is 12.8. The second-order valence-electron chi connectivity index (χ2n) is 33.2. The van der Waals surface area contributed by atoms with Crippen molar-refractivity contribution in [2.45, 2.75) is 218 Å². The third-order valence-corrected chi connectivity index (χ3v) is 21.2. The summed E-state index contributed by atoms with van der Waals surface area (Å²) in [7, 11) is 0. The number of ether oxygens (including phenoxy) is 2. The molecule has 2 aromatic rings. The molecule has 8 rings (SSSR count). The summed E-state index contributed by atoms with van der Waals surface area (Å²) in [6.45, 7) is 45.8. The van der Waals surface area contributed by atoms with Crippen molar-refractivity contribution in [1.29, 1.82) is 0 Å². The number of phenols is 4. The molecule has 2 heterocycles. The fourth-order valence-corrected chi connectivity index (χ4v) is 15.9. The maximum atomic E-state index is 14.2. The molecule has 6 aliphatic rings. The van der Waals surface area contributed by atoms with Gasteiger partial charge in [0.25, 0.3) is 0 Å². The van der Waals surface area contributed by atoms with Gasteiger partial charge in [-0.3, -0.25) is 47.9 Å². The summed E-state index contributed by atoms with van der Waals surface area (Å²) in [5.74, 6) is -15.4. The average molecular weight is 1300 g/mol. The predicted molar refractivity (Wildman–Crippen MR) is 353 cm³/mol. The SMILES string of the molecule is CC(C)C(=O)c1c(O)c(C(C2=C(O)C(C)(C)C(=O)C(C)(C)C2=O)C(C)C)c(O)c2c1OC1=C(C(=O)C(C)(C)C(=O)C1(C)C)C2C(C)C.CC(C)C(=O)c1c(O)c(C(C2=C(O)C(C)(C)C(=O)C(C)(C)C2=O)C(C)C)c(O)c2c1OC1=C(C(=O)C(C)(C)C(=O)C1(C)C)C2C(C)C. The fraction of sp³-hybridized carbons (Fsp3) is 0.605. The highest BCUT2D eigenvalue weighted by atomic mass is 16.5. The van der Waals surface area contributed by atoms with Crippen LogP contribution >= 0.6 is 0 Å². The lowest BCUT2D eigenvalue weighted by Crippen LogP contribution is -2.52. The summed E-state index contributed by atoms with van der Waals surface area (Å²) in [4.78, 5) is 139. The number of aliphatic hydroxyl groups is 2. The number of aromatic hydroxyl groups is 4. The number of carbonyl (C=O) groups excluding carboxylic acids is 10. The Hall–Kier alpha value is -7.50. The monoisotopic (exact) mass is 1300 g/mol. The number of benzene rings is 2. The van der Waals surface area contributed by atoms with E-state index in [0.717, 1.165) is 0 Å². The largest absolute Gasteiger partial charge is 0.511 e. The first-order valence-electron chi connectivity index (χ1n) is 32.8. The topological polar surface area (TPSA) is 311 Å². The molecule has 18 nitrogen and oxygen atoms in total. The maximum Gasteiger partial charge on any atom is 0.175 e. The smallest absolute Gasteiger partial charge is 0.175 e. The van der Waals surface area contributed by atoms with Crippen molar-refractivity contribution in [3.63, 3.8) is 0 Å². The molecule has 4 atom stereocenters. The van der Waals surface area contributed by atoms with Crippen molar-refractivity contribution >= 4 is 57.8 Å². The molecule has 0 amide bonds. The first kappa shape index (κ1) is 73.9. The Morgan fingerprint density at radius 2 is 0.596 bits per heavy atom. The Labute approximate surface area is 553 Å². The Morgan fingerprint density at radius 3 is 0.830 bits per heavy atom. The Kier molecular flexibility index (Phi) is 18.2. The van der Waals surface area contributed by atoms with E-state index in [9.17, 15) is 78.6 Å². The first-order chi connectivity index (χ1) is 42.4. The lowest BCUT2D eigenvalue weighted by Gasteiger charge is -2.46. The van der Waals surface area contributed by atoms with E-state index in [1.165, 1.54) is 55.4 Å². The molecule has 0 fully saturated rings. The van der Waals surface area contributed by atoms with E-state index < -0.39 is 171 Å². The minimum atomic E-state index is -1.53. The Morgan fingerprint density at radius 1 is 0.351 bits per heavy atom. The molecule has 94 heavy (non-hydrogen) atoms. The standard InChI is InChI=1S/2C38H50O9/c2*1-15(2)18(22-29(42)35(7,8)33(45)36(9,10)30(22)43)20-26(40)21-19(16(3)4)23-31(44)37(11,12)34(46)38(13,14)32(23)47-28(21)24(27(20)41)25(39)17(5)6/h2*15-19,40-42H,1-14H3. The summed E-state index contributed by atoms with van der Waals surface area (Å²) in [6.07, 6.45) is 0. The lowest BCUT2D eigenvalue weighted by molar-refractivity contribution is -0.146. The van der Waals surface area contributed by atoms with Crippen LogP contribution in [-0.2, 0) is 38.4 Å². The van der Waals surface area contributed by atoms with Crippen LogP contribution in [-0.4, -0.2) is 88.5 Å². The van der Waals surface area contributed by atoms with Gasteiger partial charge in [-0.25, -0.2) is 0 Å². The summed E-state index contributed by atoms with van der Waals surface area (Å²) in [6, 6.07) is 0. The van der Waals surface area contributed by atoms with Gasteiger partial charge in [-0.15, -0.1) is 0 Å². The molecule has 2 aromatic carbocycles. The zero-order valence-electron chi connectivity index (χ0n) is 60.4. The van der Waals surface area contributed by atoms with Crippen molar-refractivity contribution < 1.29 is 88.1 Å². The number of hydrogen-bond acceptors (Lipinski definition) is 18. The highest BCUT2D eigenvalue weighted by Gasteiger charge is 2.63. The van der Waals surface area contributed by atoms with Crippen LogP contribution in [0.5, 0.6) is 34.5 Å². The molecule has 2 aliphatic heterocycles. The predicted octanol–water partition coefficient (Wildman–Crippen LogP) is 14.6. The summed E-state index contributed by atoms with van der Waals surface area (Å²) in [5, 5.41) is 72.2. The van der Waals surface area contributed by atoms with Crippen LogP contribution in [0.1, 0.15) is 261 Å². The highest BCUT2D eigenvalue weighted by molar-refractivity contribution is 6.23. The van der Waals surface area contributed by atoms with Gasteiger partial charge in [0, 0.05) is 80.1 Å². The maximum absolute atomic E-state index is 14.2. The van der Waals surface area contributed by atoms with Gasteiger partial charge in [0.2, 0.25) is 0 Å². The third-order valence-electron chi connectivity index (χ3n) is 21.2. The summed E-state index contributed by atoms with van der Waals surface area (Å²) in [5.41, 5.74) is -11.9. The number of phenolic OH excluding ortho intramolecular Hbond substituents is 4. The van der Waals surface area contributed by atoms with Gasteiger partial charge >= 0.3 is 0 Å². The van der Waals surface area contributed by atoms with Crippen molar-refractivity contribution in [3.8, 4) is 34.5 Å². The van der Waals surface area contributed by atoms with Gasteiger partial charge < -0.3 is 40.1 Å². The Bertz CT molecular complexity index is 3660. The lowest BCUT2D eigenvalue weighted by atomic mass is 9.58. The van der Waals surface area contributed by atoms with Crippen LogP contribution in [0.3, 0.4) is 0 Å². The minimum absolute atomic E-state index is 0.0765. The first-order valence-corrected chi connectivity index (χ1v) is 32.8. The van der Waals surface area contributed by atoms with Crippen LogP contribution in [0.15, 0.2) is 45.3 Å². The van der Waals surface area contributed by atoms with E-state index in [4.69, 9.17) is 9.47 Å². The molecule has 4 aliphatic carbocycles. The van der Waals surface area contributed by atoms with E-state index in [2.05, 4.69) is 0 Å². The molecule has 0 spiro atoms. The second kappa shape index (κ2) is 23.1. The van der Waals surface area contributed by atoms with Crippen molar-refractivity contribution in [2.24, 2.45) is 78.8 Å². The number of Topliss-reactive ketones (excluding diaryl/α,β-unsaturated/α-hetero) is 10. The van der Waals surface area contributed by atoms with Crippen LogP contribution in [0.4, 0.5) is 0 Å². The van der Waals surface area contributed by atoms with Crippen molar-refractivity contribution in [2.75, 3.05) is 0 Å². The van der Waals surface area contributed by atoms with Gasteiger partial charge in [0.1, 0.15) is 68.7 Å². The van der Waals surface area contributed by atoms with Gasteiger partial charge in [-0.2, -0.15) is 0 Å². The molecule has 6 N–H and O–H groups in total. The van der Waals surface area contributed by atoms with Crippen LogP contribution in [0, 0.1) is 78.8 Å². The van der Waals surface area contributed by atoms with E-state index >= 15 is 0 Å². The molecule has 0 radical (unpaired) electrons. The molecular formula is C76H100O18. The van der Waals surface area contributed by atoms with Gasteiger partial charge in [-0.1, -0.05) is 83.1 Å². The third kappa shape index (κ3) is 10.2. The summed E-state index contributed by atoms with van der Waals surface area (Å²) >= 11 is 0. The van der Waals surface area contributed by atoms with Gasteiger partial charge in [0.05, 0.1) is 43.3 Å². The molecule has 0 saturated heterocycles. The minimum Gasteiger partial charge on any atom is -0.511 e. The van der Waals surface area contributed by atoms with Gasteiger partial charge in [0.15, 0.2) is 57.8 Å². The number of aliphatic hydroxyl groups excluding tert-OH is 2. The van der Waals surface area contributed by atoms with Gasteiger partial charge in [-0.05, 0) is 134 Å².